The molecule has 1 aliphatic rings. The lowest BCUT2D eigenvalue weighted by molar-refractivity contribution is -0.153. The molecule has 0 amide bonds. The van der Waals surface area contributed by atoms with Crippen LogP contribution < -0.4 is 5.32 Å². The first-order valence-corrected chi connectivity index (χ1v) is 5.97. The lowest BCUT2D eigenvalue weighted by Gasteiger charge is -2.24. The van der Waals surface area contributed by atoms with E-state index in [0.29, 0.717) is 12.6 Å². The van der Waals surface area contributed by atoms with Gasteiger partial charge in [0.1, 0.15) is 0 Å². The van der Waals surface area contributed by atoms with E-state index in [9.17, 15) is 4.79 Å². The van der Waals surface area contributed by atoms with Gasteiger partial charge in [-0.05, 0) is 33.6 Å². The van der Waals surface area contributed by atoms with Gasteiger partial charge in [0.25, 0.3) is 0 Å². The molecular weight excluding hydrogens is 190 g/mol. The largest absolute Gasteiger partial charge is 0.466 e. The summed E-state index contributed by atoms with van der Waals surface area (Å²) in [5, 5.41) is 3.46. The average Bonchev–Trinajstić information content (AvgIpc) is 2.68. The topological polar surface area (TPSA) is 38.3 Å². The highest BCUT2D eigenvalue weighted by Crippen LogP contribution is 2.21. The molecule has 0 radical (unpaired) electrons. The van der Waals surface area contributed by atoms with Gasteiger partial charge in [-0.25, -0.2) is 0 Å². The molecule has 1 aliphatic carbocycles. The van der Waals surface area contributed by atoms with Crippen LogP contribution in [0.2, 0.25) is 0 Å². The molecule has 0 saturated heterocycles. The van der Waals surface area contributed by atoms with Crippen molar-refractivity contribution in [2.45, 2.75) is 52.5 Å². The normalized spacial score (nSPS) is 18.1. The van der Waals surface area contributed by atoms with Gasteiger partial charge in [-0.1, -0.05) is 12.8 Å². The van der Waals surface area contributed by atoms with Crippen LogP contribution in [0.4, 0.5) is 0 Å². The highest BCUT2D eigenvalue weighted by molar-refractivity contribution is 5.76. The monoisotopic (exact) mass is 213 g/mol. The number of ether oxygens (including phenoxy) is 1. The molecule has 3 nitrogen and oxygen atoms in total. The highest BCUT2D eigenvalue weighted by Gasteiger charge is 2.30. The van der Waals surface area contributed by atoms with Gasteiger partial charge in [-0.3, -0.25) is 4.79 Å². The van der Waals surface area contributed by atoms with E-state index in [1.165, 1.54) is 25.7 Å². The Labute approximate surface area is 92.6 Å². The third-order valence-electron chi connectivity index (χ3n) is 3.02. The Morgan fingerprint density at radius 3 is 2.53 bits per heavy atom. The number of carbonyl (C=O) groups excluding carboxylic acids is 1. The Kier molecular flexibility index (Phi) is 4.58. The fraction of sp³-hybridized carbons (Fsp3) is 0.917. The molecule has 0 aromatic heterocycles. The molecule has 0 spiro atoms. The second-order valence-electron chi connectivity index (χ2n) is 4.97. The van der Waals surface area contributed by atoms with Gasteiger partial charge in [0, 0.05) is 12.6 Å². The minimum absolute atomic E-state index is 0.101. The molecule has 0 bridgehead atoms. The van der Waals surface area contributed by atoms with Crippen LogP contribution in [0.25, 0.3) is 0 Å². The SMILES string of the molecule is CCOC(=O)C(C)(C)CNC1CCCC1. The van der Waals surface area contributed by atoms with Gasteiger partial charge >= 0.3 is 5.97 Å². The summed E-state index contributed by atoms with van der Waals surface area (Å²) >= 11 is 0. The van der Waals surface area contributed by atoms with Gasteiger partial charge in [0.2, 0.25) is 0 Å². The maximum Gasteiger partial charge on any atom is 0.312 e. The van der Waals surface area contributed by atoms with E-state index in [1.54, 1.807) is 0 Å². The van der Waals surface area contributed by atoms with Crippen LogP contribution in [0.3, 0.4) is 0 Å². The van der Waals surface area contributed by atoms with Gasteiger partial charge < -0.3 is 10.1 Å². The Morgan fingerprint density at radius 2 is 2.00 bits per heavy atom. The smallest absolute Gasteiger partial charge is 0.312 e. The van der Waals surface area contributed by atoms with Crippen LogP contribution in [0.1, 0.15) is 46.5 Å². The van der Waals surface area contributed by atoms with Gasteiger partial charge in [-0.2, -0.15) is 0 Å². The van der Waals surface area contributed by atoms with Crippen molar-refractivity contribution < 1.29 is 9.53 Å². The van der Waals surface area contributed by atoms with Gasteiger partial charge in [-0.15, -0.1) is 0 Å². The Hall–Kier alpha value is -0.570. The van der Waals surface area contributed by atoms with Crippen LogP contribution in [-0.4, -0.2) is 25.2 Å². The molecule has 0 atom stereocenters. The summed E-state index contributed by atoms with van der Waals surface area (Å²) in [5.74, 6) is -0.101. The molecule has 0 aromatic rings. The highest BCUT2D eigenvalue weighted by atomic mass is 16.5. The number of hydrogen-bond acceptors (Lipinski definition) is 3. The van der Waals surface area contributed by atoms with Crippen molar-refractivity contribution in [2.24, 2.45) is 5.41 Å². The predicted octanol–water partition coefficient (Wildman–Crippen LogP) is 2.11. The molecule has 88 valence electrons. The van der Waals surface area contributed by atoms with E-state index in [0.717, 1.165) is 6.54 Å². The lowest BCUT2D eigenvalue weighted by Crippen LogP contribution is -2.41. The van der Waals surface area contributed by atoms with Crippen LogP contribution >= 0.6 is 0 Å². The van der Waals surface area contributed by atoms with Crippen molar-refractivity contribution in [2.75, 3.05) is 13.2 Å². The molecule has 0 unspecified atom stereocenters. The summed E-state index contributed by atoms with van der Waals surface area (Å²) in [5.41, 5.74) is -0.404. The maximum atomic E-state index is 11.6. The summed E-state index contributed by atoms with van der Waals surface area (Å²) in [4.78, 5) is 11.6. The molecule has 1 saturated carbocycles. The maximum absolute atomic E-state index is 11.6. The summed E-state index contributed by atoms with van der Waals surface area (Å²) in [6.45, 7) is 6.90. The fourth-order valence-corrected chi connectivity index (χ4v) is 1.93. The standard InChI is InChI=1S/C12H23NO2/c1-4-15-11(14)12(2,3)9-13-10-7-5-6-8-10/h10,13H,4-9H2,1-3H3. The van der Waals surface area contributed by atoms with Crippen LogP contribution in [0.15, 0.2) is 0 Å². The Bertz CT molecular complexity index is 208. The van der Waals surface area contributed by atoms with Crippen molar-refractivity contribution in [3.8, 4) is 0 Å². The van der Waals surface area contributed by atoms with E-state index in [1.807, 2.05) is 20.8 Å². The van der Waals surface area contributed by atoms with E-state index >= 15 is 0 Å². The molecule has 0 aliphatic heterocycles. The van der Waals surface area contributed by atoms with Crippen LogP contribution in [-0.2, 0) is 9.53 Å². The quantitative estimate of drug-likeness (QED) is 0.711. The van der Waals surface area contributed by atoms with E-state index in [2.05, 4.69) is 5.32 Å². The molecular formula is C12H23NO2. The summed E-state index contributed by atoms with van der Waals surface area (Å²) in [7, 11) is 0. The Morgan fingerprint density at radius 1 is 1.40 bits per heavy atom. The first-order chi connectivity index (χ1) is 7.06. The molecule has 0 aromatic carbocycles. The lowest BCUT2D eigenvalue weighted by atomic mass is 9.93. The Balaban J connectivity index is 2.30. The van der Waals surface area contributed by atoms with E-state index in [-0.39, 0.29) is 5.97 Å². The van der Waals surface area contributed by atoms with Crippen molar-refractivity contribution in [1.82, 2.24) is 5.32 Å². The molecule has 3 heteroatoms. The van der Waals surface area contributed by atoms with Gasteiger partial charge in [0.15, 0.2) is 0 Å². The summed E-state index contributed by atoms with van der Waals surface area (Å²) in [6, 6.07) is 0.610. The van der Waals surface area contributed by atoms with Crippen molar-refractivity contribution in [1.29, 1.82) is 0 Å². The third kappa shape index (κ3) is 3.82. The van der Waals surface area contributed by atoms with E-state index in [4.69, 9.17) is 4.74 Å². The van der Waals surface area contributed by atoms with E-state index < -0.39 is 5.41 Å². The first-order valence-electron chi connectivity index (χ1n) is 5.97. The van der Waals surface area contributed by atoms with Crippen molar-refractivity contribution in [3.63, 3.8) is 0 Å². The number of nitrogens with one attached hydrogen (secondary N) is 1. The molecule has 15 heavy (non-hydrogen) atoms. The second kappa shape index (κ2) is 5.50. The second-order valence-corrected chi connectivity index (χ2v) is 4.97. The number of hydrogen-bond donors (Lipinski definition) is 1. The van der Waals surface area contributed by atoms with Crippen molar-refractivity contribution >= 4 is 5.97 Å². The average molecular weight is 213 g/mol. The molecule has 1 N–H and O–H groups in total. The molecule has 1 fully saturated rings. The number of rotatable bonds is 5. The molecule has 1 rings (SSSR count). The first kappa shape index (κ1) is 12.5. The summed E-state index contributed by atoms with van der Waals surface area (Å²) < 4.78 is 5.04. The predicted molar refractivity (Wildman–Crippen MR) is 60.7 cm³/mol. The van der Waals surface area contributed by atoms with Crippen LogP contribution in [0.5, 0.6) is 0 Å². The van der Waals surface area contributed by atoms with Crippen LogP contribution in [0, 0.1) is 5.41 Å². The fourth-order valence-electron chi connectivity index (χ4n) is 1.93. The number of carbonyl (C=O) groups is 1. The third-order valence-corrected chi connectivity index (χ3v) is 3.02. The molecule has 0 heterocycles. The van der Waals surface area contributed by atoms with Gasteiger partial charge in [0.05, 0.1) is 12.0 Å². The number of esters is 1. The zero-order chi connectivity index (χ0) is 11.3. The zero-order valence-electron chi connectivity index (χ0n) is 10.1. The summed E-state index contributed by atoms with van der Waals surface area (Å²) in [6.07, 6.45) is 5.13. The minimum atomic E-state index is -0.404. The minimum Gasteiger partial charge on any atom is -0.466 e. The zero-order valence-corrected chi connectivity index (χ0v) is 10.1. The van der Waals surface area contributed by atoms with Crippen molar-refractivity contribution in [3.05, 3.63) is 0 Å².